The van der Waals surface area contributed by atoms with Crippen LogP contribution in [0, 0.1) is 5.92 Å². The van der Waals surface area contributed by atoms with Crippen LogP contribution < -0.4 is 10.6 Å². The number of nitrogens with zero attached hydrogens (tertiary/aromatic N) is 1. The molecule has 1 aromatic carbocycles. The molecule has 3 rings (SSSR count). The van der Waals surface area contributed by atoms with E-state index < -0.39 is 0 Å². The summed E-state index contributed by atoms with van der Waals surface area (Å²) in [6.07, 6.45) is 5.11. The van der Waals surface area contributed by atoms with Gasteiger partial charge in [-0.3, -0.25) is 9.69 Å². The molecule has 1 amide bonds. The van der Waals surface area contributed by atoms with Crippen LogP contribution in [0.25, 0.3) is 0 Å². The Balaban J connectivity index is 1.36. The maximum Gasteiger partial charge on any atom is 0.234 e. The van der Waals surface area contributed by atoms with Crippen molar-refractivity contribution in [1.29, 1.82) is 0 Å². The second-order valence-electron chi connectivity index (χ2n) is 6.58. The molecule has 1 atom stereocenters. The van der Waals surface area contributed by atoms with E-state index in [1.165, 1.54) is 32.2 Å². The van der Waals surface area contributed by atoms with Gasteiger partial charge < -0.3 is 10.6 Å². The van der Waals surface area contributed by atoms with Crippen molar-refractivity contribution in [1.82, 2.24) is 15.5 Å². The van der Waals surface area contributed by atoms with Gasteiger partial charge in [0, 0.05) is 12.6 Å². The average Bonchev–Trinajstić information content (AvgIpc) is 3.09. The van der Waals surface area contributed by atoms with Crippen molar-refractivity contribution in [2.75, 3.05) is 26.2 Å². The van der Waals surface area contributed by atoms with Crippen LogP contribution in [-0.2, 0) is 11.3 Å². The second kappa shape index (κ2) is 7.75. The lowest BCUT2D eigenvalue weighted by molar-refractivity contribution is -0.122. The van der Waals surface area contributed by atoms with Crippen LogP contribution in [0.4, 0.5) is 0 Å². The average molecular weight is 301 g/mol. The minimum atomic E-state index is 0.140. The van der Waals surface area contributed by atoms with Gasteiger partial charge in [0.05, 0.1) is 6.54 Å². The summed E-state index contributed by atoms with van der Waals surface area (Å²) in [7, 11) is 0. The predicted octanol–water partition coefficient (Wildman–Crippen LogP) is 1.77. The zero-order valence-electron chi connectivity index (χ0n) is 13.3. The van der Waals surface area contributed by atoms with Gasteiger partial charge in [-0.15, -0.1) is 0 Å². The Kier molecular flexibility index (Phi) is 5.46. The molecule has 0 saturated carbocycles. The van der Waals surface area contributed by atoms with E-state index >= 15 is 0 Å². The first-order valence-corrected chi connectivity index (χ1v) is 8.57. The molecule has 0 aromatic heterocycles. The summed E-state index contributed by atoms with van der Waals surface area (Å²) in [5.41, 5.74) is 1.15. The number of carbonyl (C=O) groups is 1. The second-order valence-corrected chi connectivity index (χ2v) is 6.58. The molecule has 2 aliphatic rings. The highest BCUT2D eigenvalue weighted by molar-refractivity contribution is 5.78. The molecule has 2 aliphatic heterocycles. The molecule has 2 N–H and O–H groups in total. The van der Waals surface area contributed by atoms with E-state index in [1.807, 2.05) is 30.3 Å². The minimum Gasteiger partial charge on any atom is -0.351 e. The van der Waals surface area contributed by atoms with Crippen molar-refractivity contribution in [3.05, 3.63) is 35.9 Å². The molecule has 2 fully saturated rings. The number of carbonyl (C=O) groups excluding carboxylic acids is 1. The summed E-state index contributed by atoms with van der Waals surface area (Å²) in [4.78, 5) is 14.4. The third kappa shape index (κ3) is 4.31. The maximum absolute atomic E-state index is 12.1. The summed E-state index contributed by atoms with van der Waals surface area (Å²) < 4.78 is 0. The highest BCUT2D eigenvalue weighted by atomic mass is 16.2. The van der Waals surface area contributed by atoms with E-state index in [1.54, 1.807) is 0 Å². The summed E-state index contributed by atoms with van der Waals surface area (Å²) in [6, 6.07) is 10.8. The van der Waals surface area contributed by atoms with Crippen LogP contribution in [0.15, 0.2) is 30.3 Å². The Hall–Kier alpha value is -1.39. The Bertz CT molecular complexity index is 462. The van der Waals surface area contributed by atoms with E-state index in [0.717, 1.165) is 30.6 Å². The minimum absolute atomic E-state index is 0.140. The molecule has 0 aliphatic carbocycles. The van der Waals surface area contributed by atoms with Gasteiger partial charge in [0.25, 0.3) is 0 Å². The first kappa shape index (κ1) is 15.5. The number of rotatable bonds is 5. The molecule has 2 heterocycles. The van der Waals surface area contributed by atoms with Gasteiger partial charge >= 0.3 is 0 Å². The first-order valence-electron chi connectivity index (χ1n) is 8.57. The summed E-state index contributed by atoms with van der Waals surface area (Å²) >= 11 is 0. The van der Waals surface area contributed by atoms with Gasteiger partial charge in [0.15, 0.2) is 0 Å². The third-order valence-electron chi connectivity index (χ3n) is 5.00. The SMILES string of the molecule is O=C(CN1CCC(C2CCCN2)CC1)NCc1ccccc1. The van der Waals surface area contributed by atoms with Crippen LogP contribution in [-0.4, -0.2) is 43.0 Å². The van der Waals surface area contributed by atoms with Crippen molar-refractivity contribution in [3.63, 3.8) is 0 Å². The Morgan fingerprint density at radius 1 is 1.18 bits per heavy atom. The fourth-order valence-corrected chi connectivity index (χ4v) is 3.68. The molecule has 1 aromatic rings. The number of piperidine rings is 1. The summed E-state index contributed by atoms with van der Waals surface area (Å²) in [5.74, 6) is 0.951. The van der Waals surface area contributed by atoms with E-state index in [0.29, 0.717) is 13.1 Å². The molecule has 0 spiro atoms. The van der Waals surface area contributed by atoms with Crippen molar-refractivity contribution < 1.29 is 4.79 Å². The van der Waals surface area contributed by atoms with E-state index in [9.17, 15) is 4.79 Å². The number of hydrogen-bond donors (Lipinski definition) is 2. The molecule has 4 heteroatoms. The molecular weight excluding hydrogens is 274 g/mol. The summed E-state index contributed by atoms with van der Waals surface area (Å²) in [5, 5.41) is 6.64. The van der Waals surface area contributed by atoms with Crippen LogP contribution in [0.5, 0.6) is 0 Å². The first-order chi connectivity index (χ1) is 10.8. The number of benzene rings is 1. The lowest BCUT2D eigenvalue weighted by Gasteiger charge is -2.34. The molecule has 0 radical (unpaired) electrons. The molecule has 1 unspecified atom stereocenters. The number of hydrogen-bond acceptors (Lipinski definition) is 3. The maximum atomic E-state index is 12.1. The van der Waals surface area contributed by atoms with Crippen molar-refractivity contribution in [2.24, 2.45) is 5.92 Å². The topological polar surface area (TPSA) is 44.4 Å². The molecule has 4 nitrogen and oxygen atoms in total. The van der Waals surface area contributed by atoms with Crippen LogP contribution >= 0.6 is 0 Å². The lowest BCUT2D eigenvalue weighted by Crippen LogP contribution is -2.44. The van der Waals surface area contributed by atoms with Crippen LogP contribution in [0.1, 0.15) is 31.2 Å². The normalized spacial score (nSPS) is 23.5. The quantitative estimate of drug-likeness (QED) is 0.871. The fourth-order valence-electron chi connectivity index (χ4n) is 3.68. The number of amides is 1. The largest absolute Gasteiger partial charge is 0.351 e. The standard InChI is InChI=1S/C18H27N3O/c22-18(20-13-15-5-2-1-3-6-15)14-21-11-8-16(9-12-21)17-7-4-10-19-17/h1-3,5-6,16-17,19H,4,7-14H2,(H,20,22). The number of nitrogens with one attached hydrogen (secondary N) is 2. The van der Waals surface area contributed by atoms with Gasteiger partial charge in [0.2, 0.25) is 5.91 Å². The van der Waals surface area contributed by atoms with E-state index in [-0.39, 0.29) is 5.91 Å². The Morgan fingerprint density at radius 2 is 1.95 bits per heavy atom. The Labute approximate surface area is 133 Å². The van der Waals surface area contributed by atoms with Crippen molar-refractivity contribution in [2.45, 2.75) is 38.3 Å². The number of likely N-dealkylation sites (tertiary alicyclic amines) is 1. The van der Waals surface area contributed by atoms with Crippen molar-refractivity contribution in [3.8, 4) is 0 Å². The van der Waals surface area contributed by atoms with E-state index in [4.69, 9.17) is 0 Å². The van der Waals surface area contributed by atoms with Gasteiger partial charge in [-0.1, -0.05) is 30.3 Å². The zero-order chi connectivity index (χ0) is 15.2. The monoisotopic (exact) mass is 301 g/mol. The van der Waals surface area contributed by atoms with Crippen molar-refractivity contribution >= 4 is 5.91 Å². The molecule has 0 bridgehead atoms. The summed E-state index contributed by atoms with van der Waals surface area (Å²) in [6.45, 7) is 4.47. The molecular formula is C18H27N3O. The van der Waals surface area contributed by atoms with Gasteiger partial charge in [-0.2, -0.15) is 0 Å². The Morgan fingerprint density at radius 3 is 2.64 bits per heavy atom. The molecule has 22 heavy (non-hydrogen) atoms. The third-order valence-corrected chi connectivity index (χ3v) is 5.00. The zero-order valence-corrected chi connectivity index (χ0v) is 13.3. The smallest absolute Gasteiger partial charge is 0.234 e. The van der Waals surface area contributed by atoms with Gasteiger partial charge in [-0.25, -0.2) is 0 Å². The van der Waals surface area contributed by atoms with Crippen LogP contribution in [0.3, 0.4) is 0 Å². The van der Waals surface area contributed by atoms with Crippen LogP contribution in [0.2, 0.25) is 0 Å². The van der Waals surface area contributed by atoms with E-state index in [2.05, 4.69) is 15.5 Å². The highest BCUT2D eigenvalue weighted by Gasteiger charge is 2.28. The van der Waals surface area contributed by atoms with Gasteiger partial charge in [0.1, 0.15) is 0 Å². The lowest BCUT2D eigenvalue weighted by atomic mass is 9.88. The fraction of sp³-hybridized carbons (Fsp3) is 0.611. The molecule has 120 valence electrons. The molecule has 2 saturated heterocycles. The predicted molar refractivity (Wildman–Crippen MR) is 88.5 cm³/mol. The van der Waals surface area contributed by atoms with Gasteiger partial charge in [-0.05, 0) is 56.8 Å². The highest BCUT2D eigenvalue weighted by Crippen LogP contribution is 2.25.